The molecule has 0 aliphatic rings. The Morgan fingerprint density at radius 3 is 2.81 bits per heavy atom. The molecule has 0 bridgehead atoms. The number of fused-ring (bicyclic) bond motifs is 1. The Hall–Kier alpha value is -1.42. The zero-order valence-corrected chi connectivity index (χ0v) is 9.18. The molecule has 2 rings (SSSR count). The third-order valence-electron chi connectivity index (χ3n) is 2.72. The molecule has 0 radical (unpaired) electrons. The minimum atomic E-state index is -0.902. The van der Waals surface area contributed by atoms with Gasteiger partial charge < -0.3 is 9.73 Å². The van der Waals surface area contributed by atoms with Crippen molar-refractivity contribution in [2.45, 2.75) is 19.4 Å². The van der Waals surface area contributed by atoms with E-state index >= 15 is 0 Å². The molecule has 0 aliphatic carbocycles. The topological polar surface area (TPSA) is 25.2 Å². The summed E-state index contributed by atoms with van der Waals surface area (Å²) in [4.78, 5) is 0. The highest BCUT2D eigenvalue weighted by Crippen LogP contribution is 2.25. The van der Waals surface area contributed by atoms with E-state index in [1.54, 1.807) is 19.2 Å². The van der Waals surface area contributed by atoms with Gasteiger partial charge in [-0.15, -0.1) is 0 Å². The molecule has 1 aromatic carbocycles. The van der Waals surface area contributed by atoms with Crippen molar-refractivity contribution in [2.24, 2.45) is 0 Å². The Balaban J connectivity index is 2.48. The Morgan fingerprint density at radius 1 is 1.38 bits per heavy atom. The number of halogens is 2. The number of benzene rings is 1. The van der Waals surface area contributed by atoms with Crippen molar-refractivity contribution < 1.29 is 13.2 Å². The maximum absolute atomic E-state index is 13.6. The molecule has 2 aromatic rings. The zero-order valence-electron chi connectivity index (χ0n) is 9.18. The Morgan fingerprint density at radius 2 is 2.12 bits per heavy atom. The van der Waals surface area contributed by atoms with Crippen LogP contribution in [0, 0.1) is 11.6 Å². The van der Waals surface area contributed by atoms with Crippen LogP contribution in [0.5, 0.6) is 0 Å². The van der Waals surface area contributed by atoms with Crippen molar-refractivity contribution in [3.8, 4) is 0 Å². The highest BCUT2D eigenvalue weighted by atomic mass is 19.2. The first-order valence-electron chi connectivity index (χ1n) is 5.14. The lowest BCUT2D eigenvalue weighted by atomic mass is 10.0. The molecule has 0 saturated carbocycles. The average Bonchev–Trinajstić information content (AvgIpc) is 2.73. The normalized spacial score (nSPS) is 13.2. The molecule has 86 valence electrons. The van der Waals surface area contributed by atoms with Gasteiger partial charge in [0.2, 0.25) is 5.82 Å². The molecule has 0 saturated heterocycles. The van der Waals surface area contributed by atoms with Gasteiger partial charge >= 0.3 is 0 Å². The Kier molecular flexibility index (Phi) is 2.92. The van der Waals surface area contributed by atoms with E-state index in [0.717, 1.165) is 0 Å². The number of hydrogen-bond acceptors (Lipinski definition) is 2. The van der Waals surface area contributed by atoms with E-state index in [1.807, 2.05) is 6.92 Å². The summed E-state index contributed by atoms with van der Waals surface area (Å²) in [5.41, 5.74) is 0.353. The van der Waals surface area contributed by atoms with Crippen LogP contribution >= 0.6 is 0 Å². The van der Waals surface area contributed by atoms with Crippen LogP contribution in [0.25, 0.3) is 11.0 Å². The molecule has 2 nitrogen and oxygen atoms in total. The van der Waals surface area contributed by atoms with E-state index in [4.69, 9.17) is 4.42 Å². The first kappa shape index (κ1) is 11.1. The van der Waals surface area contributed by atoms with Gasteiger partial charge in [-0.1, -0.05) is 0 Å². The zero-order chi connectivity index (χ0) is 11.7. The predicted octanol–water partition coefficient (Wildman–Crippen LogP) is 2.86. The molecule has 0 fully saturated rings. The molecule has 16 heavy (non-hydrogen) atoms. The minimum Gasteiger partial charge on any atom is -0.461 e. The number of hydrogen-bond donors (Lipinski definition) is 1. The van der Waals surface area contributed by atoms with E-state index in [-0.39, 0.29) is 11.6 Å². The third-order valence-corrected chi connectivity index (χ3v) is 2.72. The van der Waals surface area contributed by atoms with Crippen molar-refractivity contribution >= 4 is 11.0 Å². The summed E-state index contributed by atoms with van der Waals surface area (Å²) in [6.45, 7) is 1.91. The lowest BCUT2D eigenvalue weighted by Gasteiger charge is -2.11. The van der Waals surface area contributed by atoms with Crippen LogP contribution in [0.1, 0.15) is 12.5 Å². The van der Waals surface area contributed by atoms with Gasteiger partial charge in [0, 0.05) is 11.4 Å². The smallest absolute Gasteiger partial charge is 0.202 e. The maximum Gasteiger partial charge on any atom is 0.202 e. The van der Waals surface area contributed by atoms with Crippen molar-refractivity contribution in [2.75, 3.05) is 7.05 Å². The van der Waals surface area contributed by atoms with E-state index in [2.05, 4.69) is 5.32 Å². The molecule has 0 spiro atoms. The standard InChI is InChI=1S/C12H13F2NO/c1-7(15-2)5-9-6-8-3-4-16-12(8)11(14)10(9)13/h3-4,6-7,15H,5H2,1-2H3/t7-/m0/s1. The van der Waals surface area contributed by atoms with E-state index in [0.29, 0.717) is 17.4 Å². The minimum absolute atomic E-state index is 0.0154. The van der Waals surface area contributed by atoms with Crippen molar-refractivity contribution in [3.05, 3.63) is 35.6 Å². The summed E-state index contributed by atoms with van der Waals surface area (Å²) in [6.07, 6.45) is 1.80. The average molecular weight is 225 g/mol. The van der Waals surface area contributed by atoms with Crippen LogP contribution in [0.4, 0.5) is 8.78 Å². The fraction of sp³-hybridized carbons (Fsp3) is 0.333. The summed E-state index contributed by atoms with van der Waals surface area (Å²) in [7, 11) is 1.79. The van der Waals surface area contributed by atoms with E-state index in [9.17, 15) is 8.78 Å². The number of nitrogens with one attached hydrogen (secondary N) is 1. The van der Waals surface area contributed by atoms with Gasteiger partial charge in [0.25, 0.3) is 0 Å². The van der Waals surface area contributed by atoms with Crippen molar-refractivity contribution in [1.29, 1.82) is 0 Å². The number of furan rings is 1. The second-order valence-electron chi connectivity index (χ2n) is 3.90. The SMILES string of the molecule is CN[C@@H](C)Cc1cc2ccoc2c(F)c1F. The van der Waals surface area contributed by atoms with Crippen LogP contribution in [-0.2, 0) is 6.42 Å². The number of rotatable bonds is 3. The summed E-state index contributed by atoms with van der Waals surface area (Å²) < 4.78 is 32.1. The second kappa shape index (κ2) is 4.22. The van der Waals surface area contributed by atoms with Crippen LogP contribution in [0.2, 0.25) is 0 Å². The number of likely N-dealkylation sites (N-methyl/N-ethyl adjacent to an activating group) is 1. The Labute approximate surface area is 92.2 Å². The third kappa shape index (κ3) is 1.80. The van der Waals surface area contributed by atoms with Crippen molar-refractivity contribution in [3.63, 3.8) is 0 Å². The predicted molar refractivity (Wildman–Crippen MR) is 58.4 cm³/mol. The first-order chi connectivity index (χ1) is 7.63. The highest BCUT2D eigenvalue weighted by molar-refractivity contribution is 5.78. The van der Waals surface area contributed by atoms with Gasteiger partial charge in [0.15, 0.2) is 11.4 Å². The van der Waals surface area contributed by atoms with Gasteiger partial charge in [-0.3, -0.25) is 0 Å². The largest absolute Gasteiger partial charge is 0.461 e. The molecular formula is C12H13F2NO. The van der Waals surface area contributed by atoms with E-state index in [1.165, 1.54) is 6.26 Å². The molecule has 1 N–H and O–H groups in total. The molecule has 1 aromatic heterocycles. The van der Waals surface area contributed by atoms with Crippen LogP contribution in [0.3, 0.4) is 0 Å². The van der Waals surface area contributed by atoms with Gasteiger partial charge in [0.05, 0.1) is 6.26 Å². The lowest BCUT2D eigenvalue weighted by Crippen LogP contribution is -2.24. The molecule has 1 heterocycles. The summed E-state index contributed by atoms with van der Waals surface area (Å²) in [5.74, 6) is -1.72. The highest BCUT2D eigenvalue weighted by Gasteiger charge is 2.16. The summed E-state index contributed by atoms with van der Waals surface area (Å²) >= 11 is 0. The van der Waals surface area contributed by atoms with Crippen LogP contribution in [0.15, 0.2) is 22.8 Å². The van der Waals surface area contributed by atoms with Gasteiger partial charge in [0.1, 0.15) is 0 Å². The van der Waals surface area contributed by atoms with Gasteiger partial charge in [-0.25, -0.2) is 4.39 Å². The monoisotopic (exact) mass is 225 g/mol. The fourth-order valence-corrected chi connectivity index (χ4v) is 1.68. The van der Waals surface area contributed by atoms with Crippen molar-refractivity contribution in [1.82, 2.24) is 5.32 Å². The second-order valence-corrected chi connectivity index (χ2v) is 3.90. The summed E-state index contributed by atoms with van der Waals surface area (Å²) in [5, 5.41) is 3.58. The fourth-order valence-electron chi connectivity index (χ4n) is 1.68. The van der Waals surface area contributed by atoms with Crippen LogP contribution in [-0.4, -0.2) is 13.1 Å². The van der Waals surface area contributed by atoms with Gasteiger partial charge in [-0.05, 0) is 38.1 Å². The molecule has 0 amide bonds. The molecule has 1 atom stereocenters. The lowest BCUT2D eigenvalue weighted by molar-refractivity contribution is 0.477. The molecule has 0 aliphatic heterocycles. The van der Waals surface area contributed by atoms with E-state index < -0.39 is 11.6 Å². The first-order valence-corrected chi connectivity index (χ1v) is 5.14. The Bertz CT molecular complexity index is 507. The van der Waals surface area contributed by atoms with Crippen LogP contribution < -0.4 is 5.32 Å². The summed E-state index contributed by atoms with van der Waals surface area (Å²) in [6, 6.07) is 3.36. The molecule has 0 unspecified atom stereocenters. The maximum atomic E-state index is 13.6. The molecular weight excluding hydrogens is 212 g/mol. The quantitative estimate of drug-likeness (QED) is 0.868. The molecule has 4 heteroatoms. The van der Waals surface area contributed by atoms with Gasteiger partial charge in [-0.2, -0.15) is 4.39 Å².